The summed E-state index contributed by atoms with van der Waals surface area (Å²) >= 11 is 1.55. The molecule has 1 amide bonds. The van der Waals surface area contributed by atoms with Crippen LogP contribution in [-0.2, 0) is 4.79 Å². The molecular formula is C16H25ClN2O2S. The largest absolute Gasteiger partial charge is 0.494 e. The number of amides is 1. The molecule has 0 spiro atoms. The first kappa shape index (κ1) is 19.1. The maximum atomic E-state index is 11.9. The van der Waals surface area contributed by atoms with E-state index in [2.05, 4.69) is 5.32 Å². The third kappa shape index (κ3) is 6.46. The van der Waals surface area contributed by atoms with Crippen molar-refractivity contribution in [3.63, 3.8) is 0 Å². The SMILES string of the molecule is CCOc1ccc(SCC(=O)NC2CCC(N)CC2)cc1.Cl. The van der Waals surface area contributed by atoms with E-state index in [1.54, 1.807) is 11.8 Å². The van der Waals surface area contributed by atoms with Gasteiger partial charge in [0.15, 0.2) is 0 Å². The molecule has 0 unspecified atom stereocenters. The Bertz CT molecular complexity index is 448. The van der Waals surface area contributed by atoms with Crippen molar-refractivity contribution in [3.05, 3.63) is 24.3 Å². The van der Waals surface area contributed by atoms with Gasteiger partial charge in [-0.1, -0.05) is 0 Å². The van der Waals surface area contributed by atoms with Crippen LogP contribution in [0, 0.1) is 0 Å². The van der Waals surface area contributed by atoms with Crippen molar-refractivity contribution in [2.75, 3.05) is 12.4 Å². The topological polar surface area (TPSA) is 64.3 Å². The third-order valence-corrected chi connectivity index (χ3v) is 4.65. The second-order valence-electron chi connectivity index (χ2n) is 5.37. The van der Waals surface area contributed by atoms with Crippen LogP contribution in [0.2, 0.25) is 0 Å². The molecule has 0 radical (unpaired) electrons. The van der Waals surface area contributed by atoms with Gasteiger partial charge in [0.2, 0.25) is 5.91 Å². The van der Waals surface area contributed by atoms with Crippen LogP contribution in [0.25, 0.3) is 0 Å². The lowest BCUT2D eigenvalue weighted by atomic mass is 9.92. The highest BCUT2D eigenvalue weighted by Gasteiger charge is 2.19. The summed E-state index contributed by atoms with van der Waals surface area (Å²) in [6, 6.07) is 8.47. The summed E-state index contributed by atoms with van der Waals surface area (Å²) in [5, 5.41) is 3.10. The highest BCUT2D eigenvalue weighted by molar-refractivity contribution is 8.00. The van der Waals surface area contributed by atoms with Gasteiger partial charge in [-0.05, 0) is 56.9 Å². The molecule has 1 saturated carbocycles. The van der Waals surface area contributed by atoms with Gasteiger partial charge >= 0.3 is 0 Å². The second-order valence-corrected chi connectivity index (χ2v) is 6.42. The normalized spacial score (nSPS) is 20.8. The molecule has 1 aromatic rings. The molecule has 0 bridgehead atoms. The molecule has 124 valence electrons. The Balaban J connectivity index is 0.00000242. The number of nitrogens with one attached hydrogen (secondary N) is 1. The minimum atomic E-state index is 0. The summed E-state index contributed by atoms with van der Waals surface area (Å²) in [6.07, 6.45) is 4.02. The second kappa shape index (κ2) is 9.98. The summed E-state index contributed by atoms with van der Waals surface area (Å²) in [4.78, 5) is 13.0. The van der Waals surface area contributed by atoms with Crippen molar-refractivity contribution in [1.29, 1.82) is 0 Å². The molecule has 1 aliphatic rings. The molecular weight excluding hydrogens is 320 g/mol. The highest BCUT2D eigenvalue weighted by atomic mass is 35.5. The van der Waals surface area contributed by atoms with Gasteiger partial charge in [-0.3, -0.25) is 4.79 Å². The maximum Gasteiger partial charge on any atom is 0.230 e. The summed E-state index contributed by atoms with van der Waals surface area (Å²) in [5.41, 5.74) is 5.87. The van der Waals surface area contributed by atoms with Gasteiger partial charge in [-0.2, -0.15) is 0 Å². The predicted octanol–water partition coefficient (Wildman–Crippen LogP) is 2.99. The molecule has 2 rings (SSSR count). The summed E-state index contributed by atoms with van der Waals surface area (Å²) in [5.74, 6) is 1.43. The Morgan fingerprint density at radius 3 is 2.50 bits per heavy atom. The van der Waals surface area contributed by atoms with Gasteiger partial charge in [-0.15, -0.1) is 24.2 Å². The molecule has 4 nitrogen and oxygen atoms in total. The first-order valence-corrected chi connectivity index (χ1v) is 8.56. The molecule has 3 N–H and O–H groups in total. The number of ether oxygens (including phenoxy) is 1. The Kier molecular flexibility index (Phi) is 8.68. The fourth-order valence-electron chi connectivity index (χ4n) is 2.48. The zero-order valence-corrected chi connectivity index (χ0v) is 14.6. The van der Waals surface area contributed by atoms with Crippen molar-refractivity contribution < 1.29 is 9.53 Å². The molecule has 0 atom stereocenters. The quantitative estimate of drug-likeness (QED) is 0.779. The van der Waals surface area contributed by atoms with Crippen LogP contribution in [-0.4, -0.2) is 30.4 Å². The first-order chi connectivity index (χ1) is 10.2. The number of hydrogen-bond acceptors (Lipinski definition) is 4. The Hall–Kier alpha value is -0.910. The Morgan fingerprint density at radius 1 is 1.27 bits per heavy atom. The molecule has 1 aliphatic carbocycles. The zero-order valence-electron chi connectivity index (χ0n) is 12.9. The van der Waals surface area contributed by atoms with Gasteiger partial charge in [0.05, 0.1) is 12.4 Å². The predicted molar refractivity (Wildman–Crippen MR) is 94.0 cm³/mol. The average molecular weight is 345 g/mol. The van der Waals surface area contributed by atoms with E-state index in [1.165, 1.54) is 0 Å². The van der Waals surface area contributed by atoms with Crippen LogP contribution in [0.5, 0.6) is 5.75 Å². The lowest BCUT2D eigenvalue weighted by Gasteiger charge is -2.26. The van der Waals surface area contributed by atoms with Crippen LogP contribution >= 0.6 is 24.2 Å². The van der Waals surface area contributed by atoms with Crippen molar-refractivity contribution in [2.24, 2.45) is 5.73 Å². The van der Waals surface area contributed by atoms with Crippen LogP contribution in [0.15, 0.2) is 29.2 Å². The Morgan fingerprint density at radius 2 is 1.91 bits per heavy atom. The molecule has 0 aliphatic heterocycles. The standard InChI is InChI=1S/C16H24N2O2S.ClH/c1-2-20-14-7-9-15(10-8-14)21-11-16(19)18-13-5-3-12(17)4-6-13;/h7-10,12-13H,2-6,11,17H2,1H3,(H,18,19);1H. The summed E-state index contributed by atoms with van der Waals surface area (Å²) in [6.45, 7) is 2.63. The molecule has 6 heteroatoms. The minimum Gasteiger partial charge on any atom is -0.494 e. The van der Waals surface area contributed by atoms with Crippen LogP contribution in [0.4, 0.5) is 0 Å². The number of carbonyl (C=O) groups is 1. The number of hydrogen-bond donors (Lipinski definition) is 2. The summed E-state index contributed by atoms with van der Waals surface area (Å²) < 4.78 is 5.40. The molecule has 1 aromatic carbocycles. The van der Waals surface area contributed by atoms with E-state index in [4.69, 9.17) is 10.5 Å². The maximum absolute atomic E-state index is 11.9. The lowest BCUT2D eigenvalue weighted by Crippen LogP contribution is -2.41. The van der Waals surface area contributed by atoms with Crippen molar-refractivity contribution in [1.82, 2.24) is 5.32 Å². The number of halogens is 1. The number of benzene rings is 1. The molecule has 0 aromatic heterocycles. The van der Waals surface area contributed by atoms with E-state index in [-0.39, 0.29) is 18.3 Å². The average Bonchev–Trinajstić information content (AvgIpc) is 2.49. The van der Waals surface area contributed by atoms with Crippen LogP contribution < -0.4 is 15.8 Å². The minimum absolute atomic E-state index is 0. The number of thioether (sulfide) groups is 1. The number of nitrogens with two attached hydrogens (primary N) is 1. The molecule has 1 fully saturated rings. The monoisotopic (exact) mass is 344 g/mol. The Labute approximate surface area is 143 Å². The van der Waals surface area contributed by atoms with Gasteiger partial charge in [0.25, 0.3) is 0 Å². The number of rotatable bonds is 6. The van der Waals surface area contributed by atoms with E-state index in [1.807, 2.05) is 31.2 Å². The van der Waals surface area contributed by atoms with Gasteiger partial charge in [0.1, 0.15) is 5.75 Å². The molecule has 0 heterocycles. The zero-order chi connectivity index (χ0) is 15.1. The van der Waals surface area contributed by atoms with E-state index in [0.717, 1.165) is 36.3 Å². The van der Waals surface area contributed by atoms with Crippen molar-refractivity contribution >= 4 is 30.1 Å². The summed E-state index contributed by atoms with van der Waals surface area (Å²) in [7, 11) is 0. The van der Waals surface area contributed by atoms with E-state index in [0.29, 0.717) is 24.4 Å². The lowest BCUT2D eigenvalue weighted by molar-refractivity contribution is -0.119. The first-order valence-electron chi connectivity index (χ1n) is 7.58. The van der Waals surface area contributed by atoms with Crippen molar-refractivity contribution in [3.8, 4) is 5.75 Å². The van der Waals surface area contributed by atoms with Crippen molar-refractivity contribution in [2.45, 2.75) is 49.6 Å². The third-order valence-electron chi connectivity index (χ3n) is 3.64. The fourth-order valence-corrected chi connectivity index (χ4v) is 3.19. The molecule has 0 saturated heterocycles. The van der Waals surface area contributed by atoms with Crippen LogP contribution in [0.1, 0.15) is 32.6 Å². The van der Waals surface area contributed by atoms with Gasteiger partial charge in [-0.25, -0.2) is 0 Å². The fraction of sp³-hybridized carbons (Fsp3) is 0.562. The van der Waals surface area contributed by atoms with Gasteiger partial charge in [0, 0.05) is 17.0 Å². The molecule has 22 heavy (non-hydrogen) atoms. The highest BCUT2D eigenvalue weighted by Crippen LogP contribution is 2.22. The van der Waals surface area contributed by atoms with Crippen LogP contribution in [0.3, 0.4) is 0 Å². The smallest absolute Gasteiger partial charge is 0.230 e. The van der Waals surface area contributed by atoms with E-state index < -0.39 is 0 Å². The van der Waals surface area contributed by atoms with Gasteiger partial charge < -0.3 is 15.8 Å². The van der Waals surface area contributed by atoms with E-state index in [9.17, 15) is 4.79 Å². The van der Waals surface area contributed by atoms with E-state index >= 15 is 0 Å². The number of carbonyl (C=O) groups excluding carboxylic acids is 1.